The van der Waals surface area contributed by atoms with Gasteiger partial charge in [0.1, 0.15) is 0 Å². The zero-order valence-corrected chi connectivity index (χ0v) is 6.89. The van der Waals surface area contributed by atoms with Gasteiger partial charge in [0.15, 0.2) is 0 Å². The van der Waals surface area contributed by atoms with Crippen LogP contribution in [-0.2, 0) is 4.74 Å². The molecule has 0 saturated carbocycles. The zero-order chi connectivity index (χ0) is 7.23. The van der Waals surface area contributed by atoms with E-state index in [1.807, 2.05) is 0 Å². The minimum Gasteiger partial charge on any atom is -0.378 e. The first kappa shape index (κ1) is 7.95. The second-order valence-electron chi connectivity index (χ2n) is 2.22. The smallest absolute Gasteiger partial charge is 0.0642 e. The fourth-order valence-electron chi connectivity index (χ4n) is 0.923. The molecule has 58 valence electrons. The second-order valence-corrected chi connectivity index (χ2v) is 2.58. The van der Waals surface area contributed by atoms with Crippen LogP contribution >= 0.6 is 12.6 Å². The Labute approximate surface area is 67.3 Å². The molecular formula is C7H13NOS. The lowest BCUT2D eigenvalue weighted by molar-refractivity contribution is 0.0593. The first-order valence-electron chi connectivity index (χ1n) is 3.53. The van der Waals surface area contributed by atoms with Crippen molar-refractivity contribution < 1.29 is 4.74 Å². The van der Waals surface area contributed by atoms with Gasteiger partial charge in [0, 0.05) is 18.8 Å². The van der Waals surface area contributed by atoms with Crippen LogP contribution in [0, 0.1) is 0 Å². The van der Waals surface area contributed by atoms with Crippen LogP contribution in [0.15, 0.2) is 12.3 Å². The maximum atomic E-state index is 5.19. The Morgan fingerprint density at radius 2 is 2.10 bits per heavy atom. The number of hydrogen-bond donors (Lipinski definition) is 1. The van der Waals surface area contributed by atoms with E-state index in [2.05, 4.69) is 29.8 Å². The third-order valence-corrected chi connectivity index (χ3v) is 1.68. The molecule has 0 aromatic heterocycles. The largest absolute Gasteiger partial charge is 0.378 e. The van der Waals surface area contributed by atoms with E-state index >= 15 is 0 Å². The fourth-order valence-corrected chi connectivity index (χ4v) is 1.02. The van der Waals surface area contributed by atoms with Crippen molar-refractivity contribution >= 4 is 12.6 Å². The summed E-state index contributed by atoms with van der Waals surface area (Å²) in [7, 11) is 0. The molecule has 0 atom stereocenters. The summed E-state index contributed by atoms with van der Waals surface area (Å²) in [4.78, 5) is 2.25. The van der Waals surface area contributed by atoms with Gasteiger partial charge >= 0.3 is 0 Å². The molecule has 2 nitrogen and oxygen atoms in total. The fraction of sp³-hybridized carbons (Fsp3) is 0.714. The highest BCUT2D eigenvalue weighted by Gasteiger charge is 2.03. The number of rotatable bonds is 2. The Kier molecular flexibility index (Phi) is 3.68. The molecule has 1 aliphatic rings. The van der Waals surface area contributed by atoms with Gasteiger partial charge in [0.2, 0.25) is 0 Å². The molecular weight excluding hydrogens is 146 g/mol. The van der Waals surface area contributed by atoms with Crippen LogP contribution in [0.25, 0.3) is 0 Å². The van der Waals surface area contributed by atoms with E-state index in [-0.39, 0.29) is 0 Å². The van der Waals surface area contributed by atoms with E-state index in [0.717, 1.165) is 32.1 Å². The second kappa shape index (κ2) is 4.63. The van der Waals surface area contributed by atoms with E-state index in [4.69, 9.17) is 4.74 Å². The van der Waals surface area contributed by atoms with Crippen LogP contribution < -0.4 is 0 Å². The zero-order valence-electron chi connectivity index (χ0n) is 5.99. The number of hydrogen-bond acceptors (Lipinski definition) is 3. The highest BCUT2D eigenvalue weighted by atomic mass is 32.1. The van der Waals surface area contributed by atoms with Gasteiger partial charge in [-0.25, -0.2) is 0 Å². The van der Waals surface area contributed by atoms with E-state index in [0.29, 0.717) is 0 Å². The van der Waals surface area contributed by atoms with Gasteiger partial charge in [0.05, 0.1) is 13.2 Å². The van der Waals surface area contributed by atoms with Crippen molar-refractivity contribution in [3.05, 3.63) is 12.3 Å². The number of nitrogens with zero attached hydrogens (tertiary/aromatic N) is 1. The first-order valence-corrected chi connectivity index (χ1v) is 4.16. The molecule has 0 radical (unpaired) electrons. The third kappa shape index (κ3) is 2.62. The van der Waals surface area contributed by atoms with Crippen molar-refractivity contribution in [1.29, 1.82) is 0 Å². The van der Waals surface area contributed by atoms with E-state index < -0.39 is 0 Å². The van der Waals surface area contributed by atoms with E-state index in [1.165, 1.54) is 0 Å². The number of ether oxygens (including phenoxy) is 1. The Hall–Kier alpha value is -0.150. The summed E-state index contributed by atoms with van der Waals surface area (Å²) in [5, 5.41) is 0. The van der Waals surface area contributed by atoms with Crippen molar-refractivity contribution in [3.63, 3.8) is 0 Å². The highest BCUT2D eigenvalue weighted by Crippen LogP contribution is 1.96. The molecule has 1 aliphatic heterocycles. The third-order valence-electron chi connectivity index (χ3n) is 1.47. The van der Waals surface area contributed by atoms with Gasteiger partial charge in [-0.15, -0.1) is 0 Å². The molecule has 0 aromatic rings. The minimum atomic E-state index is 0.817. The van der Waals surface area contributed by atoms with Crippen molar-refractivity contribution in [2.24, 2.45) is 0 Å². The Balaban J connectivity index is 2.19. The molecule has 0 aliphatic carbocycles. The van der Waals surface area contributed by atoms with Crippen LogP contribution in [0.3, 0.4) is 0 Å². The summed E-state index contributed by atoms with van der Waals surface area (Å²) >= 11 is 4.08. The topological polar surface area (TPSA) is 12.5 Å². The summed E-state index contributed by atoms with van der Waals surface area (Å²) in [6.45, 7) is 3.75. The SMILES string of the molecule is SCC=CN1CCOCC1. The van der Waals surface area contributed by atoms with Crippen LogP contribution in [0.4, 0.5) is 0 Å². The summed E-state index contributed by atoms with van der Waals surface area (Å²) in [5.41, 5.74) is 0. The molecule has 1 fully saturated rings. The molecule has 10 heavy (non-hydrogen) atoms. The van der Waals surface area contributed by atoms with Gasteiger partial charge in [-0.05, 0) is 6.20 Å². The Morgan fingerprint density at radius 1 is 1.40 bits per heavy atom. The normalized spacial score (nSPS) is 20.3. The van der Waals surface area contributed by atoms with E-state index in [9.17, 15) is 0 Å². The number of morpholine rings is 1. The van der Waals surface area contributed by atoms with Gasteiger partial charge < -0.3 is 9.64 Å². The molecule has 1 saturated heterocycles. The molecule has 0 spiro atoms. The molecule has 0 unspecified atom stereocenters. The predicted octanol–water partition coefficient (Wildman–Crippen LogP) is 0.762. The average Bonchev–Trinajstić information content (AvgIpc) is 2.03. The lowest BCUT2D eigenvalue weighted by atomic mass is 10.4. The summed E-state index contributed by atoms with van der Waals surface area (Å²) in [6.07, 6.45) is 4.14. The minimum absolute atomic E-state index is 0.817. The van der Waals surface area contributed by atoms with Gasteiger partial charge in [-0.1, -0.05) is 6.08 Å². The molecule has 1 heterocycles. The predicted molar refractivity (Wildman–Crippen MR) is 45.4 cm³/mol. The van der Waals surface area contributed by atoms with Crippen molar-refractivity contribution in [1.82, 2.24) is 4.90 Å². The van der Waals surface area contributed by atoms with Gasteiger partial charge in [0.25, 0.3) is 0 Å². The summed E-state index contributed by atoms with van der Waals surface area (Å²) in [5.74, 6) is 0.817. The maximum absolute atomic E-state index is 5.19. The van der Waals surface area contributed by atoms with Crippen LogP contribution in [-0.4, -0.2) is 37.0 Å². The standard InChI is InChI=1S/C7H13NOS/c10-7-1-2-8-3-5-9-6-4-8/h1-2,10H,3-7H2. The lowest BCUT2D eigenvalue weighted by Gasteiger charge is -2.24. The molecule has 0 amide bonds. The molecule has 0 aromatic carbocycles. The monoisotopic (exact) mass is 159 g/mol. The lowest BCUT2D eigenvalue weighted by Crippen LogP contribution is -2.31. The Morgan fingerprint density at radius 3 is 2.70 bits per heavy atom. The van der Waals surface area contributed by atoms with Crippen molar-refractivity contribution in [3.8, 4) is 0 Å². The van der Waals surface area contributed by atoms with E-state index in [1.54, 1.807) is 0 Å². The van der Waals surface area contributed by atoms with Crippen LogP contribution in [0.1, 0.15) is 0 Å². The number of thiol groups is 1. The van der Waals surface area contributed by atoms with Crippen molar-refractivity contribution in [2.75, 3.05) is 32.1 Å². The summed E-state index contributed by atoms with van der Waals surface area (Å²) < 4.78 is 5.19. The molecule has 3 heteroatoms. The quantitative estimate of drug-likeness (QED) is 0.597. The highest BCUT2D eigenvalue weighted by molar-refractivity contribution is 7.80. The average molecular weight is 159 g/mol. The first-order chi connectivity index (χ1) is 4.93. The van der Waals surface area contributed by atoms with Crippen molar-refractivity contribution in [2.45, 2.75) is 0 Å². The Bertz CT molecular complexity index is 110. The van der Waals surface area contributed by atoms with Gasteiger partial charge in [-0.3, -0.25) is 0 Å². The molecule has 0 N–H and O–H groups in total. The molecule has 0 bridgehead atoms. The maximum Gasteiger partial charge on any atom is 0.0642 e. The molecule has 1 rings (SSSR count). The van der Waals surface area contributed by atoms with Gasteiger partial charge in [-0.2, -0.15) is 12.6 Å². The summed E-state index contributed by atoms with van der Waals surface area (Å²) in [6, 6.07) is 0. The van der Waals surface area contributed by atoms with Crippen LogP contribution in [0.2, 0.25) is 0 Å². The van der Waals surface area contributed by atoms with Crippen LogP contribution in [0.5, 0.6) is 0 Å².